The fraction of sp³-hybridized carbons (Fsp3) is 0.706. The predicted octanol–water partition coefficient (Wildman–Crippen LogP) is 5.00. The van der Waals surface area contributed by atoms with Crippen molar-refractivity contribution >= 4 is 39.3 Å². The predicted molar refractivity (Wildman–Crippen MR) is 102 cm³/mol. The molecule has 0 bridgehead atoms. The fourth-order valence-corrected chi connectivity index (χ4v) is 7.30. The molecule has 2 unspecified atom stereocenters. The standard InChI is InChI=1S/C17H25NO2S3/c19-17(6-2-1-4-14-8-12-22-23-14)18-9-7-16(21-13-10-18)15-5-3-11-20-15/h3,5,11,14,16H,1-2,4,6-10,12-13H2. The molecule has 23 heavy (non-hydrogen) atoms. The number of unbranched alkanes of at least 4 members (excludes halogenated alkanes) is 1. The molecule has 2 fully saturated rings. The van der Waals surface area contributed by atoms with E-state index in [0.29, 0.717) is 11.2 Å². The number of thioether (sulfide) groups is 1. The molecule has 128 valence electrons. The van der Waals surface area contributed by atoms with Gasteiger partial charge in [0.2, 0.25) is 5.91 Å². The van der Waals surface area contributed by atoms with Crippen LogP contribution in [0.25, 0.3) is 0 Å². The zero-order valence-corrected chi connectivity index (χ0v) is 15.9. The number of carbonyl (C=O) groups is 1. The molecular formula is C17H25NO2S3. The summed E-state index contributed by atoms with van der Waals surface area (Å²) >= 11 is 1.92. The monoisotopic (exact) mass is 371 g/mol. The van der Waals surface area contributed by atoms with E-state index < -0.39 is 0 Å². The van der Waals surface area contributed by atoms with Crippen molar-refractivity contribution in [2.75, 3.05) is 24.6 Å². The third-order valence-electron chi connectivity index (χ3n) is 4.45. The maximum absolute atomic E-state index is 12.4. The highest BCUT2D eigenvalue weighted by Gasteiger charge is 2.23. The van der Waals surface area contributed by atoms with Gasteiger partial charge in [0.15, 0.2) is 0 Å². The molecule has 0 aromatic carbocycles. The van der Waals surface area contributed by atoms with Gasteiger partial charge in [-0.15, -0.1) is 11.8 Å². The molecule has 3 rings (SSSR count). The topological polar surface area (TPSA) is 33.5 Å². The van der Waals surface area contributed by atoms with Crippen LogP contribution in [-0.4, -0.2) is 40.7 Å². The van der Waals surface area contributed by atoms with Gasteiger partial charge in [-0.05, 0) is 37.8 Å². The van der Waals surface area contributed by atoms with Crippen LogP contribution in [-0.2, 0) is 4.79 Å². The van der Waals surface area contributed by atoms with Crippen LogP contribution in [0.5, 0.6) is 0 Å². The Kier molecular flexibility index (Phi) is 7.14. The molecule has 1 aromatic heterocycles. The molecule has 2 aliphatic heterocycles. The SMILES string of the molecule is O=C(CCCCC1CCSS1)N1CCSC(c2ccco2)CC1. The maximum atomic E-state index is 12.4. The first-order chi connectivity index (χ1) is 11.3. The lowest BCUT2D eigenvalue weighted by atomic mass is 10.1. The van der Waals surface area contributed by atoms with Gasteiger partial charge in [-0.25, -0.2) is 0 Å². The average molecular weight is 372 g/mol. The average Bonchev–Trinajstić information content (AvgIpc) is 3.22. The van der Waals surface area contributed by atoms with E-state index in [1.54, 1.807) is 6.26 Å². The minimum absolute atomic E-state index is 0.346. The van der Waals surface area contributed by atoms with Crippen LogP contribution >= 0.6 is 33.3 Å². The molecular weight excluding hydrogens is 346 g/mol. The Hall–Kier alpha value is -0.200. The van der Waals surface area contributed by atoms with Gasteiger partial charge in [-0.1, -0.05) is 28.0 Å². The highest BCUT2D eigenvalue weighted by atomic mass is 33.1. The summed E-state index contributed by atoms with van der Waals surface area (Å²) in [5.41, 5.74) is 0. The minimum atomic E-state index is 0.346. The number of carbonyl (C=O) groups excluding carboxylic acids is 1. The zero-order valence-electron chi connectivity index (χ0n) is 13.4. The van der Waals surface area contributed by atoms with Gasteiger partial charge in [-0.2, -0.15) is 0 Å². The van der Waals surface area contributed by atoms with Gasteiger partial charge >= 0.3 is 0 Å². The molecule has 1 amide bonds. The van der Waals surface area contributed by atoms with E-state index in [4.69, 9.17) is 4.42 Å². The van der Waals surface area contributed by atoms with Gasteiger partial charge in [-0.3, -0.25) is 4.79 Å². The maximum Gasteiger partial charge on any atom is 0.222 e. The summed E-state index contributed by atoms with van der Waals surface area (Å²) in [4.78, 5) is 14.5. The Labute approximate surface area is 151 Å². The summed E-state index contributed by atoms with van der Waals surface area (Å²) in [5.74, 6) is 3.71. The lowest BCUT2D eigenvalue weighted by Crippen LogP contribution is -2.32. The van der Waals surface area contributed by atoms with Gasteiger partial charge in [0.1, 0.15) is 5.76 Å². The van der Waals surface area contributed by atoms with Crippen molar-refractivity contribution in [2.24, 2.45) is 0 Å². The zero-order chi connectivity index (χ0) is 15.9. The van der Waals surface area contributed by atoms with Crippen molar-refractivity contribution in [1.29, 1.82) is 0 Å². The number of hydrogen-bond acceptors (Lipinski definition) is 5. The van der Waals surface area contributed by atoms with Gasteiger partial charge < -0.3 is 9.32 Å². The minimum Gasteiger partial charge on any atom is -0.468 e. The van der Waals surface area contributed by atoms with Crippen molar-refractivity contribution < 1.29 is 9.21 Å². The quantitative estimate of drug-likeness (QED) is 0.519. The summed E-state index contributed by atoms with van der Waals surface area (Å²) in [6.45, 7) is 1.75. The van der Waals surface area contributed by atoms with Crippen molar-refractivity contribution in [3.05, 3.63) is 24.2 Å². The number of nitrogens with zero attached hydrogens (tertiary/aromatic N) is 1. The Morgan fingerprint density at radius 1 is 1.26 bits per heavy atom. The van der Waals surface area contributed by atoms with Crippen LogP contribution in [0.2, 0.25) is 0 Å². The lowest BCUT2D eigenvalue weighted by molar-refractivity contribution is -0.131. The number of hydrogen-bond donors (Lipinski definition) is 0. The highest BCUT2D eigenvalue weighted by molar-refractivity contribution is 8.77. The third-order valence-corrected chi connectivity index (χ3v) is 8.74. The Balaban J connectivity index is 1.36. The lowest BCUT2D eigenvalue weighted by Gasteiger charge is -2.20. The smallest absolute Gasteiger partial charge is 0.222 e. The summed E-state index contributed by atoms with van der Waals surface area (Å²) in [6.07, 6.45) is 8.33. The van der Waals surface area contributed by atoms with Crippen molar-refractivity contribution in [2.45, 2.75) is 49.0 Å². The number of amides is 1. The Morgan fingerprint density at radius 2 is 2.22 bits per heavy atom. The first kappa shape index (κ1) is 17.6. The second kappa shape index (κ2) is 9.33. The van der Waals surface area contributed by atoms with E-state index in [1.165, 1.54) is 25.0 Å². The van der Waals surface area contributed by atoms with E-state index in [2.05, 4.69) is 11.0 Å². The van der Waals surface area contributed by atoms with Gasteiger partial charge in [0, 0.05) is 36.3 Å². The molecule has 3 heterocycles. The van der Waals surface area contributed by atoms with Crippen LogP contribution in [0.3, 0.4) is 0 Å². The molecule has 0 radical (unpaired) electrons. The molecule has 0 spiro atoms. The van der Waals surface area contributed by atoms with Crippen LogP contribution < -0.4 is 0 Å². The Bertz CT molecular complexity index is 474. The summed E-state index contributed by atoms with van der Waals surface area (Å²) in [7, 11) is 4.04. The molecule has 2 atom stereocenters. The molecule has 2 saturated heterocycles. The molecule has 3 nitrogen and oxygen atoms in total. The van der Waals surface area contributed by atoms with Crippen LogP contribution in [0.1, 0.15) is 49.5 Å². The summed E-state index contributed by atoms with van der Waals surface area (Å²) in [5, 5.41) is 1.23. The molecule has 6 heteroatoms. The van der Waals surface area contributed by atoms with Crippen LogP contribution in [0.15, 0.2) is 22.8 Å². The molecule has 0 N–H and O–H groups in total. The fourth-order valence-electron chi connectivity index (χ4n) is 3.09. The number of rotatable bonds is 6. The van der Waals surface area contributed by atoms with E-state index in [1.807, 2.05) is 39.4 Å². The summed E-state index contributed by atoms with van der Waals surface area (Å²) in [6, 6.07) is 4.00. The second-order valence-electron chi connectivity index (χ2n) is 6.12. The first-order valence-corrected chi connectivity index (χ1v) is 12.0. The highest BCUT2D eigenvalue weighted by Crippen LogP contribution is 2.40. The Morgan fingerprint density at radius 3 is 3.00 bits per heavy atom. The van der Waals surface area contributed by atoms with Crippen molar-refractivity contribution in [1.82, 2.24) is 4.90 Å². The largest absolute Gasteiger partial charge is 0.468 e. The molecule has 2 aliphatic rings. The van der Waals surface area contributed by atoms with Gasteiger partial charge in [0.05, 0.1) is 11.5 Å². The first-order valence-electron chi connectivity index (χ1n) is 8.54. The van der Waals surface area contributed by atoms with Gasteiger partial charge in [0.25, 0.3) is 0 Å². The normalized spacial score (nSPS) is 25.5. The van der Waals surface area contributed by atoms with Crippen LogP contribution in [0.4, 0.5) is 0 Å². The third kappa shape index (κ3) is 5.40. The summed E-state index contributed by atoms with van der Waals surface area (Å²) < 4.78 is 5.52. The molecule has 0 aliphatic carbocycles. The van der Waals surface area contributed by atoms with E-state index in [0.717, 1.165) is 49.1 Å². The second-order valence-corrected chi connectivity index (χ2v) is 10.2. The van der Waals surface area contributed by atoms with Crippen LogP contribution in [0, 0.1) is 0 Å². The van der Waals surface area contributed by atoms with E-state index >= 15 is 0 Å². The van der Waals surface area contributed by atoms with E-state index in [9.17, 15) is 4.79 Å². The van der Waals surface area contributed by atoms with Crippen molar-refractivity contribution in [3.63, 3.8) is 0 Å². The number of furan rings is 1. The molecule has 0 saturated carbocycles. The van der Waals surface area contributed by atoms with Crippen molar-refractivity contribution in [3.8, 4) is 0 Å². The molecule has 1 aromatic rings. The van der Waals surface area contributed by atoms with E-state index in [-0.39, 0.29) is 0 Å².